The molecule has 0 radical (unpaired) electrons. The predicted molar refractivity (Wildman–Crippen MR) is 52.6 cm³/mol. The Balaban J connectivity index is 0.000000980. The Hall–Kier alpha value is -1.07. The molecule has 1 aromatic rings. The molecular weight excluding hydrogens is 206 g/mol. The van der Waals surface area contributed by atoms with Crippen molar-refractivity contribution in [3.8, 4) is 0 Å². The van der Waals surface area contributed by atoms with E-state index in [9.17, 15) is 4.79 Å². The highest BCUT2D eigenvalue weighted by Crippen LogP contribution is 2.21. The van der Waals surface area contributed by atoms with Crippen LogP contribution in [0.2, 0.25) is 0 Å². The van der Waals surface area contributed by atoms with Gasteiger partial charge in [0, 0.05) is 13.1 Å². The molecule has 2 heterocycles. The SMILES string of the molecule is Cl.NCc1nn2c(c1C(=O)O)CCC2. The lowest BCUT2D eigenvalue weighted by molar-refractivity contribution is 0.0694. The number of rotatable bonds is 2. The molecule has 0 aliphatic carbocycles. The fourth-order valence-corrected chi connectivity index (χ4v) is 1.78. The Morgan fingerprint density at radius 1 is 1.64 bits per heavy atom. The van der Waals surface area contributed by atoms with Gasteiger partial charge in [0.2, 0.25) is 0 Å². The van der Waals surface area contributed by atoms with Gasteiger partial charge in [0.05, 0.1) is 11.4 Å². The van der Waals surface area contributed by atoms with Crippen LogP contribution in [0.15, 0.2) is 0 Å². The highest BCUT2D eigenvalue weighted by atomic mass is 35.5. The zero-order valence-electron chi connectivity index (χ0n) is 7.56. The average Bonchev–Trinajstić information content (AvgIpc) is 2.59. The number of aromatic nitrogens is 2. The second kappa shape index (κ2) is 3.98. The van der Waals surface area contributed by atoms with Crippen LogP contribution in [0.25, 0.3) is 0 Å². The lowest BCUT2D eigenvalue weighted by Crippen LogP contribution is -2.07. The van der Waals surface area contributed by atoms with Crippen LogP contribution in [0.3, 0.4) is 0 Å². The van der Waals surface area contributed by atoms with Crippen molar-refractivity contribution in [2.75, 3.05) is 0 Å². The number of hydrogen-bond acceptors (Lipinski definition) is 3. The summed E-state index contributed by atoms with van der Waals surface area (Å²) in [5, 5.41) is 13.1. The molecule has 6 heteroatoms. The molecule has 0 atom stereocenters. The van der Waals surface area contributed by atoms with Gasteiger partial charge >= 0.3 is 5.97 Å². The summed E-state index contributed by atoms with van der Waals surface area (Å²) in [7, 11) is 0. The molecule has 0 fully saturated rings. The molecule has 0 spiro atoms. The second-order valence-electron chi connectivity index (χ2n) is 3.10. The van der Waals surface area contributed by atoms with E-state index >= 15 is 0 Å². The first-order valence-electron chi connectivity index (χ1n) is 4.26. The van der Waals surface area contributed by atoms with Crippen LogP contribution >= 0.6 is 12.4 Å². The van der Waals surface area contributed by atoms with E-state index in [4.69, 9.17) is 10.8 Å². The largest absolute Gasteiger partial charge is 0.478 e. The smallest absolute Gasteiger partial charge is 0.339 e. The third kappa shape index (κ3) is 1.49. The first-order chi connectivity index (χ1) is 6.24. The maximum atomic E-state index is 10.9. The second-order valence-corrected chi connectivity index (χ2v) is 3.10. The van der Waals surface area contributed by atoms with E-state index in [-0.39, 0.29) is 19.0 Å². The average molecular weight is 218 g/mol. The molecule has 0 aromatic carbocycles. The molecule has 0 saturated heterocycles. The third-order valence-corrected chi connectivity index (χ3v) is 2.32. The van der Waals surface area contributed by atoms with Crippen LogP contribution in [0.5, 0.6) is 0 Å². The maximum absolute atomic E-state index is 10.9. The van der Waals surface area contributed by atoms with Crippen LogP contribution in [0, 0.1) is 0 Å². The number of aryl methyl sites for hydroxylation is 1. The van der Waals surface area contributed by atoms with Crippen molar-refractivity contribution in [3.05, 3.63) is 17.0 Å². The highest BCUT2D eigenvalue weighted by molar-refractivity contribution is 5.90. The standard InChI is InChI=1S/C8H11N3O2.ClH/c9-4-5-7(8(12)13)6-2-1-3-11(6)10-5;/h1-4,9H2,(H,12,13);1H. The summed E-state index contributed by atoms with van der Waals surface area (Å²) in [6.45, 7) is 1.01. The Morgan fingerprint density at radius 3 is 2.93 bits per heavy atom. The summed E-state index contributed by atoms with van der Waals surface area (Å²) < 4.78 is 1.76. The zero-order chi connectivity index (χ0) is 9.42. The molecule has 0 amide bonds. The van der Waals surface area contributed by atoms with Gasteiger partial charge in [0.1, 0.15) is 5.56 Å². The number of carboxylic acids is 1. The van der Waals surface area contributed by atoms with E-state index in [1.165, 1.54) is 0 Å². The van der Waals surface area contributed by atoms with Crippen LogP contribution in [-0.4, -0.2) is 20.9 Å². The number of nitrogens with two attached hydrogens (primary N) is 1. The normalized spacial score (nSPS) is 13.5. The Morgan fingerprint density at radius 2 is 2.36 bits per heavy atom. The number of aromatic carboxylic acids is 1. The molecule has 0 unspecified atom stereocenters. The van der Waals surface area contributed by atoms with Crippen LogP contribution in [0.4, 0.5) is 0 Å². The summed E-state index contributed by atoms with van der Waals surface area (Å²) in [5.41, 5.74) is 7.06. The van der Waals surface area contributed by atoms with Crippen molar-refractivity contribution in [3.63, 3.8) is 0 Å². The van der Waals surface area contributed by atoms with E-state index in [0.29, 0.717) is 11.3 Å². The van der Waals surface area contributed by atoms with Gasteiger partial charge in [-0.1, -0.05) is 0 Å². The number of carbonyl (C=O) groups is 1. The Labute approximate surface area is 87.3 Å². The van der Waals surface area contributed by atoms with Gasteiger partial charge < -0.3 is 10.8 Å². The molecule has 1 aliphatic heterocycles. The van der Waals surface area contributed by atoms with Crippen molar-refractivity contribution in [2.45, 2.75) is 25.9 Å². The van der Waals surface area contributed by atoms with Gasteiger partial charge in [-0.15, -0.1) is 12.4 Å². The first-order valence-corrected chi connectivity index (χ1v) is 4.26. The van der Waals surface area contributed by atoms with Crippen LogP contribution < -0.4 is 5.73 Å². The fraction of sp³-hybridized carbons (Fsp3) is 0.500. The maximum Gasteiger partial charge on any atom is 0.339 e. The first kappa shape index (κ1) is 11.0. The van der Waals surface area contributed by atoms with Gasteiger partial charge in [0.15, 0.2) is 0 Å². The number of halogens is 1. The van der Waals surface area contributed by atoms with E-state index < -0.39 is 5.97 Å². The molecule has 1 aliphatic rings. The Bertz CT molecular complexity index is 362. The Kier molecular flexibility index (Phi) is 3.13. The zero-order valence-corrected chi connectivity index (χ0v) is 8.38. The summed E-state index contributed by atoms with van der Waals surface area (Å²) >= 11 is 0. The fourth-order valence-electron chi connectivity index (χ4n) is 1.78. The van der Waals surface area contributed by atoms with Crippen molar-refractivity contribution in [1.29, 1.82) is 0 Å². The molecule has 78 valence electrons. The lowest BCUT2D eigenvalue weighted by Gasteiger charge is -1.94. The van der Waals surface area contributed by atoms with Gasteiger partial charge in [-0.3, -0.25) is 4.68 Å². The van der Waals surface area contributed by atoms with Gasteiger partial charge in [-0.25, -0.2) is 4.79 Å². The monoisotopic (exact) mass is 217 g/mol. The summed E-state index contributed by atoms with van der Waals surface area (Å²) in [6, 6.07) is 0. The molecule has 14 heavy (non-hydrogen) atoms. The number of hydrogen-bond donors (Lipinski definition) is 2. The summed E-state index contributed by atoms with van der Waals surface area (Å²) in [4.78, 5) is 10.9. The molecule has 1 aromatic heterocycles. The molecule has 0 saturated carbocycles. The highest BCUT2D eigenvalue weighted by Gasteiger charge is 2.24. The number of carboxylic acid groups (broad SMARTS) is 1. The van der Waals surface area contributed by atoms with Gasteiger partial charge in [-0.2, -0.15) is 5.10 Å². The molecule has 2 rings (SSSR count). The minimum Gasteiger partial charge on any atom is -0.478 e. The minimum atomic E-state index is -0.913. The lowest BCUT2D eigenvalue weighted by atomic mass is 10.1. The molecule has 5 nitrogen and oxygen atoms in total. The van der Waals surface area contributed by atoms with Crippen molar-refractivity contribution >= 4 is 18.4 Å². The number of nitrogens with zero attached hydrogens (tertiary/aromatic N) is 2. The number of fused-ring (bicyclic) bond motifs is 1. The quantitative estimate of drug-likeness (QED) is 0.752. The van der Waals surface area contributed by atoms with Crippen molar-refractivity contribution in [1.82, 2.24) is 9.78 Å². The topological polar surface area (TPSA) is 81.1 Å². The van der Waals surface area contributed by atoms with Crippen LogP contribution in [-0.2, 0) is 19.5 Å². The predicted octanol–water partition coefficient (Wildman–Crippen LogP) is 0.408. The van der Waals surface area contributed by atoms with Crippen molar-refractivity contribution < 1.29 is 9.90 Å². The van der Waals surface area contributed by atoms with Gasteiger partial charge in [-0.05, 0) is 12.8 Å². The van der Waals surface area contributed by atoms with Crippen molar-refractivity contribution in [2.24, 2.45) is 5.73 Å². The van der Waals surface area contributed by atoms with E-state index in [1.54, 1.807) is 4.68 Å². The third-order valence-electron chi connectivity index (χ3n) is 2.32. The molecular formula is C8H12ClN3O2. The van der Waals surface area contributed by atoms with E-state index in [1.807, 2.05) is 0 Å². The molecule has 0 bridgehead atoms. The van der Waals surface area contributed by atoms with Gasteiger partial charge in [0.25, 0.3) is 0 Å². The molecule has 3 N–H and O–H groups in total. The summed E-state index contributed by atoms with van der Waals surface area (Å²) in [6.07, 6.45) is 1.78. The summed E-state index contributed by atoms with van der Waals surface area (Å²) in [5.74, 6) is -0.913. The van der Waals surface area contributed by atoms with E-state index in [0.717, 1.165) is 25.1 Å². The van der Waals surface area contributed by atoms with E-state index in [2.05, 4.69) is 5.10 Å². The minimum absolute atomic E-state index is 0. The van der Waals surface area contributed by atoms with Crippen LogP contribution in [0.1, 0.15) is 28.2 Å².